The number of carbonyl (C=O) groups is 1. The van der Waals surface area contributed by atoms with Crippen molar-refractivity contribution in [1.29, 1.82) is 0 Å². The summed E-state index contributed by atoms with van der Waals surface area (Å²) >= 11 is 0. The summed E-state index contributed by atoms with van der Waals surface area (Å²) in [5, 5.41) is 21.1. The second kappa shape index (κ2) is 7.08. The van der Waals surface area contributed by atoms with Crippen molar-refractivity contribution < 1.29 is 9.53 Å². The molecule has 1 fully saturated rings. The van der Waals surface area contributed by atoms with Crippen LogP contribution in [-0.4, -0.2) is 38.1 Å². The van der Waals surface area contributed by atoms with Crippen LogP contribution in [0.5, 0.6) is 0 Å². The van der Waals surface area contributed by atoms with Crippen LogP contribution in [0.2, 0.25) is 0 Å². The fourth-order valence-electron chi connectivity index (χ4n) is 2.99. The van der Waals surface area contributed by atoms with Gasteiger partial charge in [0.2, 0.25) is 0 Å². The summed E-state index contributed by atoms with van der Waals surface area (Å²) in [5.41, 5.74) is 1.43. The number of nitrogens with one attached hydrogen (secondary N) is 3. The third-order valence-electron chi connectivity index (χ3n) is 4.05. The molecular formula is C17H24N6O2. The van der Waals surface area contributed by atoms with Crippen molar-refractivity contribution in [1.82, 2.24) is 25.7 Å². The summed E-state index contributed by atoms with van der Waals surface area (Å²) in [7, 11) is 0. The van der Waals surface area contributed by atoms with Gasteiger partial charge < -0.3 is 15.4 Å². The second-order valence-corrected chi connectivity index (χ2v) is 7.32. The number of anilines is 2. The summed E-state index contributed by atoms with van der Waals surface area (Å²) in [6.45, 7) is 5.59. The second-order valence-electron chi connectivity index (χ2n) is 7.32. The van der Waals surface area contributed by atoms with Crippen molar-refractivity contribution >= 4 is 17.6 Å². The first-order valence-electron chi connectivity index (χ1n) is 8.47. The number of carbonyl (C=O) groups excluding carboxylic acids is 1. The number of nitrogens with zero attached hydrogens (tertiary/aromatic N) is 3. The highest BCUT2D eigenvalue weighted by atomic mass is 16.6. The Morgan fingerprint density at radius 3 is 2.88 bits per heavy atom. The van der Waals surface area contributed by atoms with Gasteiger partial charge in [0.05, 0.1) is 18.1 Å². The van der Waals surface area contributed by atoms with Gasteiger partial charge in [-0.05, 0) is 46.1 Å². The summed E-state index contributed by atoms with van der Waals surface area (Å²) in [5.74, 6) is 1.09. The minimum atomic E-state index is -0.478. The molecule has 1 aliphatic rings. The van der Waals surface area contributed by atoms with Gasteiger partial charge in [-0.15, -0.1) is 0 Å². The Labute approximate surface area is 146 Å². The van der Waals surface area contributed by atoms with Crippen LogP contribution in [0.3, 0.4) is 0 Å². The van der Waals surface area contributed by atoms with Crippen LogP contribution in [0.1, 0.15) is 51.6 Å². The normalized spacial score (nSPS) is 20.3. The lowest BCUT2D eigenvalue weighted by molar-refractivity contribution is 0.0505. The lowest BCUT2D eigenvalue weighted by Crippen LogP contribution is -2.37. The first-order valence-corrected chi connectivity index (χ1v) is 8.47. The molecule has 8 heteroatoms. The Morgan fingerprint density at radius 1 is 1.32 bits per heavy atom. The zero-order valence-corrected chi connectivity index (χ0v) is 14.7. The molecule has 3 N–H and O–H groups in total. The van der Waals surface area contributed by atoms with Crippen molar-refractivity contribution in [3.05, 3.63) is 30.2 Å². The number of amides is 1. The van der Waals surface area contributed by atoms with E-state index in [1.54, 1.807) is 12.4 Å². The van der Waals surface area contributed by atoms with E-state index >= 15 is 0 Å². The van der Waals surface area contributed by atoms with E-state index < -0.39 is 5.60 Å². The lowest BCUT2D eigenvalue weighted by atomic mass is 10.0. The SMILES string of the molecule is CC(C)(C)OC(=O)N[C@H]1CCC(c2cc(Nc3ccnnc3)n[nH]2)C1. The average molecular weight is 344 g/mol. The molecule has 1 amide bonds. The Bertz CT molecular complexity index is 709. The average Bonchev–Trinajstić information content (AvgIpc) is 3.15. The number of H-pyrrole nitrogens is 1. The van der Waals surface area contributed by atoms with Crippen LogP contribution in [0.4, 0.5) is 16.3 Å². The van der Waals surface area contributed by atoms with Crippen LogP contribution in [-0.2, 0) is 4.74 Å². The molecule has 0 saturated heterocycles. The molecule has 0 spiro atoms. The number of hydrogen-bond donors (Lipinski definition) is 3. The molecule has 0 aromatic carbocycles. The Balaban J connectivity index is 1.53. The molecule has 25 heavy (non-hydrogen) atoms. The van der Waals surface area contributed by atoms with E-state index in [0.29, 0.717) is 5.92 Å². The number of hydrogen-bond acceptors (Lipinski definition) is 6. The molecule has 1 saturated carbocycles. The topological polar surface area (TPSA) is 105 Å². The lowest BCUT2D eigenvalue weighted by Gasteiger charge is -2.21. The van der Waals surface area contributed by atoms with Crippen molar-refractivity contribution in [2.45, 2.75) is 57.6 Å². The first-order chi connectivity index (χ1) is 11.9. The van der Waals surface area contributed by atoms with Gasteiger partial charge in [-0.2, -0.15) is 15.3 Å². The third-order valence-corrected chi connectivity index (χ3v) is 4.05. The smallest absolute Gasteiger partial charge is 0.407 e. The van der Waals surface area contributed by atoms with E-state index in [1.165, 1.54) is 0 Å². The maximum atomic E-state index is 11.9. The largest absolute Gasteiger partial charge is 0.444 e. The molecule has 134 valence electrons. The molecule has 3 rings (SSSR count). The molecule has 1 aliphatic carbocycles. The van der Waals surface area contributed by atoms with Gasteiger partial charge in [0.15, 0.2) is 5.82 Å². The summed E-state index contributed by atoms with van der Waals surface area (Å²) in [6.07, 6.45) is 5.72. The van der Waals surface area contributed by atoms with E-state index in [4.69, 9.17) is 4.74 Å². The Morgan fingerprint density at radius 2 is 2.16 bits per heavy atom. The van der Waals surface area contributed by atoms with Gasteiger partial charge in [0.25, 0.3) is 0 Å². The van der Waals surface area contributed by atoms with E-state index in [1.807, 2.05) is 32.9 Å². The zero-order chi connectivity index (χ0) is 17.9. The van der Waals surface area contributed by atoms with Gasteiger partial charge >= 0.3 is 6.09 Å². The number of aromatic amines is 1. The van der Waals surface area contributed by atoms with Crippen LogP contribution < -0.4 is 10.6 Å². The minimum Gasteiger partial charge on any atom is -0.444 e. The van der Waals surface area contributed by atoms with Gasteiger partial charge in [-0.1, -0.05) is 0 Å². The molecule has 0 aliphatic heterocycles. The Hall–Kier alpha value is -2.64. The third kappa shape index (κ3) is 4.91. The Kier molecular flexibility index (Phi) is 4.87. The van der Waals surface area contributed by atoms with Crippen LogP contribution in [0, 0.1) is 0 Å². The number of alkyl carbamates (subject to hydrolysis) is 1. The minimum absolute atomic E-state index is 0.129. The fourth-order valence-corrected chi connectivity index (χ4v) is 2.99. The van der Waals surface area contributed by atoms with Gasteiger partial charge in [-0.3, -0.25) is 5.10 Å². The predicted octanol–water partition coefficient (Wildman–Crippen LogP) is 3.10. The van der Waals surface area contributed by atoms with E-state index in [-0.39, 0.29) is 12.1 Å². The van der Waals surface area contributed by atoms with Crippen molar-refractivity contribution in [3.8, 4) is 0 Å². The van der Waals surface area contributed by atoms with E-state index in [2.05, 4.69) is 31.0 Å². The van der Waals surface area contributed by atoms with Crippen LogP contribution >= 0.6 is 0 Å². The molecule has 2 aromatic rings. The number of rotatable bonds is 4. The quantitative estimate of drug-likeness (QED) is 0.787. The molecule has 1 unspecified atom stereocenters. The van der Waals surface area contributed by atoms with Gasteiger partial charge in [0.1, 0.15) is 5.60 Å². The zero-order valence-electron chi connectivity index (χ0n) is 14.7. The van der Waals surface area contributed by atoms with Gasteiger partial charge in [0, 0.05) is 23.7 Å². The van der Waals surface area contributed by atoms with Crippen molar-refractivity contribution in [3.63, 3.8) is 0 Å². The summed E-state index contributed by atoms with van der Waals surface area (Å²) in [4.78, 5) is 11.9. The molecular weight excluding hydrogens is 320 g/mol. The van der Waals surface area contributed by atoms with Gasteiger partial charge in [-0.25, -0.2) is 4.79 Å². The summed E-state index contributed by atoms with van der Waals surface area (Å²) < 4.78 is 5.32. The number of ether oxygens (including phenoxy) is 1. The molecule has 8 nitrogen and oxygen atoms in total. The van der Waals surface area contributed by atoms with E-state index in [9.17, 15) is 4.79 Å². The van der Waals surface area contributed by atoms with E-state index in [0.717, 1.165) is 36.5 Å². The number of aromatic nitrogens is 4. The molecule has 2 atom stereocenters. The molecule has 2 heterocycles. The highest BCUT2D eigenvalue weighted by molar-refractivity contribution is 5.68. The van der Waals surface area contributed by atoms with Crippen LogP contribution in [0.15, 0.2) is 24.5 Å². The fraction of sp³-hybridized carbons (Fsp3) is 0.529. The molecule has 2 aromatic heterocycles. The van der Waals surface area contributed by atoms with Crippen LogP contribution in [0.25, 0.3) is 0 Å². The summed E-state index contributed by atoms with van der Waals surface area (Å²) in [6, 6.07) is 3.96. The maximum Gasteiger partial charge on any atom is 0.407 e. The monoisotopic (exact) mass is 344 g/mol. The maximum absolute atomic E-state index is 11.9. The van der Waals surface area contributed by atoms with Crippen molar-refractivity contribution in [2.75, 3.05) is 5.32 Å². The van der Waals surface area contributed by atoms with Crippen molar-refractivity contribution in [2.24, 2.45) is 0 Å². The first kappa shape index (κ1) is 17.2. The highest BCUT2D eigenvalue weighted by Crippen LogP contribution is 2.34. The standard InChI is InChI=1S/C17H24N6O2/c1-17(2,3)25-16(24)21-12-5-4-11(8-12)14-9-15(23-22-14)20-13-6-7-18-19-10-13/h6-7,9-12H,4-5,8H2,1-3H3,(H,21,24)(H2,18,20,22,23)/t11?,12-/m0/s1. The predicted molar refractivity (Wildman–Crippen MR) is 93.7 cm³/mol. The molecule has 0 radical (unpaired) electrons. The molecule has 0 bridgehead atoms. The highest BCUT2D eigenvalue weighted by Gasteiger charge is 2.29.